The highest BCUT2D eigenvalue weighted by atomic mass is 35.5. The third kappa shape index (κ3) is 4.08. The van der Waals surface area contributed by atoms with Crippen LogP contribution in [0.15, 0.2) is 42.5 Å². The topological polar surface area (TPSA) is 0 Å². The van der Waals surface area contributed by atoms with Crippen molar-refractivity contribution in [2.75, 3.05) is 5.88 Å². The van der Waals surface area contributed by atoms with Gasteiger partial charge in [-0.15, -0.1) is 11.6 Å². The third-order valence-electron chi connectivity index (χ3n) is 3.64. The molecule has 0 fully saturated rings. The third-order valence-corrected chi connectivity index (χ3v) is 4.07. The van der Waals surface area contributed by atoms with E-state index in [1.807, 2.05) is 13.0 Å². The Kier molecular flexibility index (Phi) is 5.19. The summed E-state index contributed by atoms with van der Waals surface area (Å²) in [7, 11) is 0. The van der Waals surface area contributed by atoms with Crippen molar-refractivity contribution in [2.24, 2.45) is 5.92 Å². The van der Waals surface area contributed by atoms with Gasteiger partial charge >= 0.3 is 0 Å². The van der Waals surface area contributed by atoms with E-state index in [-0.39, 0.29) is 5.82 Å². The van der Waals surface area contributed by atoms with Crippen LogP contribution in [-0.4, -0.2) is 5.88 Å². The first-order chi connectivity index (χ1) is 9.58. The summed E-state index contributed by atoms with van der Waals surface area (Å²) in [4.78, 5) is 0. The maximum atomic E-state index is 13.1. The second kappa shape index (κ2) is 6.90. The van der Waals surface area contributed by atoms with E-state index < -0.39 is 0 Å². The van der Waals surface area contributed by atoms with Gasteiger partial charge in [0.15, 0.2) is 0 Å². The Hall–Kier alpha value is -1.34. The number of aryl methyl sites for hydroxylation is 2. The molecule has 106 valence electrons. The second-order valence-electron chi connectivity index (χ2n) is 5.49. The van der Waals surface area contributed by atoms with Gasteiger partial charge in [0.1, 0.15) is 5.82 Å². The number of halogens is 2. The molecular weight excluding hydrogens is 271 g/mol. The molecule has 2 heteroatoms. The first-order valence-corrected chi connectivity index (χ1v) is 7.48. The normalized spacial score (nSPS) is 12.4. The van der Waals surface area contributed by atoms with Crippen molar-refractivity contribution in [1.82, 2.24) is 0 Å². The zero-order chi connectivity index (χ0) is 14.5. The molecule has 0 radical (unpaired) electrons. The van der Waals surface area contributed by atoms with Crippen molar-refractivity contribution in [1.29, 1.82) is 0 Å². The second-order valence-corrected chi connectivity index (χ2v) is 5.80. The molecule has 1 unspecified atom stereocenters. The number of hydrogen-bond acceptors (Lipinski definition) is 0. The Morgan fingerprint density at radius 2 is 1.85 bits per heavy atom. The van der Waals surface area contributed by atoms with Gasteiger partial charge in [0, 0.05) is 5.88 Å². The van der Waals surface area contributed by atoms with Gasteiger partial charge in [-0.2, -0.15) is 0 Å². The molecule has 2 aromatic carbocycles. The van der Waals surface area contributed by atoms with Crippen LogP contribution in [0.5, 0.6) is 0 Å². The number of alkyl halides is 1. The molecule has 0 spiro atoms. The zero-order valence-corrected chi connectivity index (χ0v) is 12.8. The smallest absolute Gasteiger partial charge is 0.123 e. The van der Waals surface area contributed by atoms with Crippen LogP contribution in [-0.2, 0) is 12.8 Å². The van der Waals surface area contributed by atoms with Gasteiger partial charge < -0.3 is 0 Å². The van der Waals surface area contributed by atoms with Crippen LogP contribution in [0.1, 0.15) is 22.3 Å². The molecule has 0 saturated heterocycles. The fraction of sp³-hybridized carbons (Fsp3) is 0.333. The first kappa shape index (κ1) is 15.1. The Bertz CT molecular complexity index is 577. The number of benzene rings is 2. The fourth-order valence-electron chi connectivity index (χ4n) is 2.55. The molecule has 20 heavy (non-hydrogen) atoms. The quantitative estimate of drug-likeness (QED) is 0.673. The van der Waals surface area contributed by atoms with Gasteiger partial charge in [-0.1, -0.05) is 35.9 Å². The first-order valence-electron chi connectivity index (χ1n) is 6.95. The minimum atomic E-state index is -0.174. The summed E-state index contributed by atoms with van der Waals surface area (Å²) < 4.78 is 13.1. The lowest BCUT2D eigenvalue weighted by molar-refractivity contribution is 0.578. The molecular formula is C18H20ClF. The van der Waals surface area contributed by atoms with E-state index >= 15 is 0 Å². The Morgan fingerprint density at radius 3 is 2.50 bits per heavy atom. The van der Waals surface area contributed by atoms with Gasteiger partial charge in [-0.05, 0) is 61.4 Å². The monoisotopic (exact) mass is 290 g/mol. The number of hydrogen-bond donors (Lipinski definition) is 0. The van der Waals surface area contributed by atoms with Gasteiger partial charge in [0.2, 0.25) is 0 Å². The molecule has 1 atom stereocenters. The van der Waals surface area contributed by atoms with Crippen molar-refractivity contribution in [2.45, 2.75) is 26.7 Å². The molecule has 0 aliphatic heterocycles. The molecule has 0 aliphatic carbocycles. The van der Waals surface area contributed by atoms with Gasteiger partial charge in [0.25, 0.3) is 0 Å². The van der Waals surface area contributed by atoms with Crippen LogP contribution >= 0.6 is 11.6 Å². The lowest BCUT2D eigenvalue weighted by Gasteiger charge is -2.16. The highest BCUT2D eigenvalue weighted by molar-refractivity contribution is 6.18. The molecule has 0 saturated carbocycles. The molecule has 0 bridgehead atoms. The van der Waals surface area contributed by atoms with Gasteiger partial charge in [0.05, 0.1) is 0 Å². The molecule has 0 amide bonds. The Labute approximate surface area is 125 Å². The molecule has 0 N–H and O–H groups in total. The van der Waals surface area contributed by atoms with Crippen molar-refractivity contribution >= 4 is 11.6 Å². The standard InChI is InChI=1S/C18H20ClF/c1-13-4-3-5-15(8-13)10-16(12-19)11-17-6-7-18(20)9-14(17)2/h3-9,16H,10-12H2,1-2H3. The molecule has 2 aromatic rings. The molecule has 0 nitrogen and oxygen atoms in total. The minimum Gasteiger partial charge on any atom is -0.207 e. The fourth-order valence-corrected chi connectivity index (χ4v) is 2.77. The highest BCUT2D eigenvalue weighted by Gasteiger charge is 2.12. The van der Waals surface area contributed by atoms with E-state index in [4.69, 9.17) is 11.6 Å². The van der Waals surface area contributed by atoms with E-state index in [2.05, 4.69) is 31.2 Å². The summed E-state index contributed by atoms with van der Waals surface area (Å²) in [5.74, 6) is 0.820. The maximum Gasteiger partial charge on any atom is 0.123 e. The largest absolute Gasteiger partial charge is 0.207 e. The van der Waals surface area contributed by atoms with Gasteiger partial charge in [-0.25, -0.2) is 4.39 Å². The van der Waals surface area contributed by atoms with Crippen LogP contribution in [0.2, 0.25) is 0 Å². The molecule has 0 aromatic heterocycles. The summed E-state index contributed by atoms with van der Waals surface area (Å²) in [5, 5.41) is 0. The van der Waals surface area contributed by atoms with Crippen molar-refractivity contribution in [3.8, 4) is 0 Å². The summed E-state index contributed by atoms with van der Waals surface area (Å²) in [6, 6.07) is 13.5. The average molecular weight is 291 g/mol. The lowest BCUT2D eigenvalue weighted by atomic mass is 9.91. The lowest BCUT2D eigenvalue weighted by Crippen LogP contribution is -2.11. The van der Waals surface area contributed by atoms with E-state index in [1.165, 1.54) is 22.8 Å². The summed E-state index contributed by atoms with van der Waals surface area (Å²) in [6.07, 6.45) is 1.85. The molecule has 0 heterocycles. The zero-order valence-electron chi connectivity index (χ0n) is 12.0. The predicted molar refractivity (Wildman–Crippen MR) is 83.9 cm³/mol. The van der Waals surface area contributed by atoms with E-state index in [9.17, 15) is 4.39 Å². The highest BCUT2D eigenvalue weighted by Crippen LogP contribution is 2.20. The Morgan fingerprint density at radius 1 is 1.05 bits per heavy atom. The van der Waals surface area contributed by atoms with Crippen LogP contribution in [0, 0.1) is 25.6 Å². The van der Waals surface area contributed by atoms with E-state index in [0.717, 1.165) is 18.4 Å². The van der Waals surface area contributed by atoms with Crippen molar-refractivity contribution < 1.29 is 4.39 Å². The average Bonchev–Trinajstić information content (AvgIpc) is 2.41. The summed E-state index contributed by atoms with van der Waals surface area (Å²) >= 11 is 6.12. The SMILES string of the molecule is Cc1cccc(CC(CCl)Cc2ccc(F)cc2C)c1. The number of rotatable bonds is 5. The van der Waals surface area contributed by atoms with Crippen LogP contribution in [0.25, 0.3) is 0 Å². The van der Waals surface area contributed by atoms with Crippen LogP contribution in [0.3, 0.4) is 0 Å². The summed E-state index contributed by atoms with van der Waals surface area (Å²) in [5.41, 5.74) is 4.78. The van der Waals surface area contributed by atoms with Crippen LogP contribution in [0.4, 0.5) is 4.39 Å². The maximum absolute atomic E-state index is 13.1. The minimum absolute atomic E-state index is 0.174. The summed E-state index contributed by atoms with van der Waals surface area (Å²) in [6.45, 7) is 4.06. The molecule has 0 aliphatic rings. The van der Waals surface area contributed by atoms with Gasteiger partial charge in [-0.3, -0.25) is 0 Å². The van der Waals surface area contributed by atoms with Crippen molar-refractivity contribution in [3.05, 3.63) is 70.5 Å². The van der Waals surface area contributed by atoms with E-state index in [0.29, 0.717) is 11.8 Å². The van der Waals surface area contributed by atoms with Crippen LogP contribution < -0.4 is 0 Å². The molecule has 2 rings (SSSR count). The van der Waals surface area contributed by atoms with Crippen molar-refractivity contribution in [3.63, 3.8) is 0 Å². The predicted octanol–water partition coefficient (Wildman–Crippen LogP) is 5.08. The Balaban J connectivity index is 2.09. The van der Waals surface area contributed by atoms with E-state index in [1.54, 1.807) is 6.07 Å².